The number of nitrogens with one attached hydrogen (secondary N) is 3. The topological polar surface area (TPSA) is 117 Å². The summed E-state index contributed by atoms with van der Waals surface area (Å²) in [5.41, 5.74) is 7.91. The van der Waals surface area contributed by atoms with Gasteiger partial charge in [0.25, 0.3) is 0 Å². The Kier molecular flexibility index (Phi) is 4.62. The van der Waals surface area contributed by atoms with E-state index in [4.69, 9.17) is 5.73 Å². The third-order valence-electron chi connectivity index (χ3n) is 4.92. The number of hydrogen-bond acceptors (Lipinski definition) is 7. The van der Waals surface area contributed by atoms with E-state index in [1.54, 1.807) is 18.1 Å². The summed E-state index contributed by atoms with van der Waals surface area (Å²) in [6.45, 7) is 2.55. The summed E-state index contributed by atoms with van der Waals surface area (Å²) >= 11 is 1.59. The molecule has 1 aromatic carbocycles. The van der Waals surface area contributed by atoms with Gasteiger partial charge in [0, 0.05) is 28.3 Å². The van der Waals surface area contributed by atoms with Gasteiger partial charge in [-0.05, 0) is 56.0 Å². The molecule has 1 amide bonds. The average Bonchev–Trinajstić information content (AvgIpc) is 3.41. The predicted molar refractivity (Wildman–Crippen MR) is 117 cm³/mol. The van der Waals surface area contributed by atoms with Gasteiger partial charge in [-0.2, -0.15) is 5.10 Å². The monoisotopic (exact) mass is 422 g/mol. The number of aryl methyl sites for hydroxylation is 1. The molecule has 3 aromatic rings. The Hall–Kier alpha value is -3.40. The molecule has 154 valence electrons. The van der Waals surface area contributed by atoms with Crippen LogP contribution in [0.3, 0.4) is 0 Å². The lowest BCUT2D eigenvalue weighted by molar-refractivity contribution is -0.117. The summed E-state index contributed by atoms with van der Waals surface area (Å²) in [4.78, 5) is 17.4. The van der Waals surface area contributed by atoms with Crippen LogP contribution in [0.15, 0.2) is 47.6 Å². The van der Waals surface area contributed by atoms with Crippen molar-refractivity contribution < 1.29 is 4.79 Å². The second-order valence-corrected chi connectivity index (χ2v) is 8.59. The molecular formula is C20H22N8OS. The molecule has 1 fully saturated rings. The Morgan fingerprint density at radius 2 is 2.10 bits per heavy atom. The molecule has 0 spiro atoms. The lowest BCUT2D eigenvalue weighted by atomic mass is 10.3. The molecule has 0 saturated heterocycles. The number of benzene rings is 1. The van der Waals surface area contributed by atoms with Crippen molar-refractivity contribution in [2.75, 3.05) is 16.4 Å². The quantitative estimate of drug-likeness (QED) is 0.451. The number of carbonyl (C=O) groups excluding carboxylic acids is 1. The van der Waals surface area contributed by atoms with Gasteiger partial charge in [0.05, 0.1) is 18.9 Å². The molecule has 3 heterocycles. The molecule has 0 atom stereocenters. The first kappa shape index (κ1) is 18.6. The maximum atomic E-state index is 11.9. The number of aromatic nitrogens is 4. The van der Waals surface area contributed by atoms with Crippen molar-refractivity contribution in [3.63, 3.8) is 0 Å². The second-order valence-electron chi connectivity index (χ2n) is 7.46. The number of hydrogen-bond donors (Lipinski definition) is 4. The number of anilines is 3. The van der Waals surface area contributed by atoms with E-state index in [2.05, 4.69) is 30.1 Å². The van der Waals surface area contributed by atoms with E-state index in [-0.39, 0.29) is 11.8 Å². The van der Waals surface area contributed by atoms with Crippen LogP contribution in [-0.2, 0) is 11.3 Å². The lowest BCUT2D eigenvalue weighted by Crippen LogP contribution is -2.24. The minimum absolute atomic E-state index is 0.114. The smallest absolute Gasteiger partial charge is 0.227 e. The SMILES string of the molecule is Cc1cc(NC2=CN(Sc3ccc(NC(=O)C4CC4)cc3)Cc3ncc(N)n32)n[nH]1. The van der Waals surface area contributed by atoms with Crippen molar-refractivity contribution in [3.8, 4) is 0 Å². The minimum atomic E-state index is 0.114. The van der Waals surface area contributed by atoms with E-state index in [0.717, 1.165) is 40.8 Å². The fourth-order valence-electron chi connectivity index (χ4n) is 3.26. The molecule has 10 heteroatoms. The van der Waals surface area contributed by atoms with Crippen LogP contribution in [0.5, 0.6) is 0 Å². The van der Waals surface area contributed by atoms with Crippen molar-refractivity contribution in [3.05, 3.63) is 54.2 Å². The highest BCUT2D eigenvalue weighted by molar-refractivity contribution is 7.97. The Labute approximate surface area is 177 Å². The molecule has 0 unspecified atom stereocenters. The molecule has 0 bridgehead atoms. The normalized spacial score (nSPS) is 15.5. The van der Waals surface area contributed by atoms with E-state index in [1.165, 1.54) is 0 Å². The standard InChI is InChI=1S/C20H22N8OS/c1-12-8-17(26-25-12)24-19-11-27(10-18-22-9-16(21)28(18)19)30-15-6-4-14(5-7-15)23-20(29)13-2-3-13/h4-9,11,13H,2-3,10,21H2,1H3,(H,23,29)(H2,24,25,26). The summed E-state index contributed by atoms with van der Waals surface area (Å²) in [5.74, 6) is 3.20. The van der Waals surface area contributed by atoms with E-state index in [0.29, 0.717) is 18.2 Å². The Morgan fingerprint density at radius 1 is 1.30 bits per heavy atom. The number of fused-ring (bicyclic) bond motifs is 1. The predicted octanol–water partition coefficient (Wildman–Crippen LogP) is 3.24. The number of nitrogen functional groups attached to an aromatic ring is 1. The number of carbonyl (C=O) groups is 1. The molecule has 0 radical (unpaired) electrons. The van der Waals surface area contributed by atoms with Crippen molar-refractivity contribution in [2.45, 2.75) is 31.2 Å². The van der Waals surface area contributed by atoms with Crippen LogP contribution in [0.1, 0.15) is 24.4 Å². The van der Waals surface area contributed by atoms with Gasteiger partial charge in [0.1, 0.15) is 17.5 Å². The fraction of sp³-hybridized carbons (Fsp3) is 0.250. The second kappa shape index (κ2) is 7.45. The summed E-state index contributed by atoms with van der Waals surface area (Å²) in [6.07, 6.45) is 5.64. The van der Waals surface area contributed by atoms with Gasteiger partial charge in [-0.1, -0.05) is 0 Å². The maximum Gasteiger partial charge on any atom is 0.227 e. The van der Waals surface area contributed by atoms with Gasteiger partial charge in [0.2, 0.25) is 5.91 Å². The van der Waals surface area contributed by atoms with Crippen LogP contribution in [0.4, 0.5) is 17.3 Å². The highest BCUT2D eigenvalue weighted by Gasteiger charge is 2.29. The van der Waals surface area contributed by atoms with Crippen LogP contribution in [0.2, 0.25) is 0 Å². The molecule has 1 aliphatic carbocycles. The maximum absolute atomic E-state index is 11.9. The zero-order valence-corrected chi connectivity index (χ0v) is 17.2. The van der Waals surface area contributed by atoms with Crippen LogP contribution < -0.4 is 16.4 Å². The highest BCUT2D eigenvalue weighted by Crippen LogP contribution is 2.33. The average molecular weight is 423 g/mol. The Balaban J connectivity index is 1.32. The first-order valence-electron chi connectivity index (χ1n) is 9.74. The number of rotatable bonds is 6. The van der Waals surface area contributed by atoms with Crippen molar-refractivity contribution >= 4 is 41.0 Å². The summed E-state index contributed by atoms with van der Waals surface area (Å²) in [7, 11) is 0. The third-order valence-corrected chi connectivity index (χ3v) is 5.87. The van der Waals surface area contributed by atoms with Crippen LogP contribution in [0.25, 0.3) is 5.82 Å². The van der Waals surface area contributed by atoms with Gasteiger partial charge in [-0.3, -0.25) is 14.5 Å². The molecule has 1 saturated carbocycles. The molecule has 5 rings (SSSR count). The van der Waals surface area contributed by atoms with E-state index < -0.39 is 0 Å². The van der Waals surface area contributed by atoms with Gasteiger partial charge in [-0.15, -0.1) is 0 Å². The Bertz CT molecular complexity index is 1110. The summed E-state index contributed by atoms with van der Waals surface area (Å²) in [5, 5.41) is 13.4. The van der Waals surface area contributed by atoms with E-state index in [1.807, 2.05) is 48.0 Å². The zero-order valence-electron chi connectivity index (χ0n) is 16.4. The zero-order chi connectivity index (χ0) is 20.7. The molecule has 2 aliphatic rings. The first-order chi connectivity index (χ1) is 14.5. The number of imidazole rings is 1. The summed E-state index contributed by atoms with van der Waals surface area (Å²) < 4.78 is 3.97. The van der Waals surface area contributed by atoms with Gasteiger partial charge < -0.3 is 20.7 Å². The Morgan fingerprint density at radius 3 is 2.80 bits per heavy atom. The molecule has 9 nitrogen and oxygen atoms in total. The summed E-state index contributed by atoms with van der Waals surface area (Å²) in [6, 6.07) is 9.79. The molecule has 1 aliphatic heterocycles. The number of amides is 1. The van der Waals surface area contributed by atoms with Crippen molar-refractivity contribution in [1.29, 1.82) is 0 Å². The molecular weight excluding hydrogens is 400 g/mol. The first-order valence-corrected chi connectivity index (χ1v) is 10.5. The van der Waals surface area contributed by atoms with Crippen LogP contribution in [0, 0.1) is 12.8 Å². The van der Waals surface area contributed by atoms with E-state index >= 15 is 0 Å². The van der Waals surface area contributed by atoms with Crippen LogP contribution >= 0.6 is 11.9 Å². The number of aromatic amines is 1. The van der Waals surface area contributed by atoms with Crippen molar-refractivity contribution in [1.82, 2.24) is 24.1 Å². The van der Waals surface area contributed by atoms with E-state index in [9.17, 15) is 4.79 Å². The van der Waals surface area contributed by atoms with Gasteiger partial charge in [-0.25, -0.2) is 4.98 Å². The van der Waals surface area contributed by atoms with Crippen LogP contribution in [-0.4, -0.2) is 30.0 Å². The number of nitrogens with zero attached hydrogens (tertiary/aromatic N) is 4. The fourth-order valence-corrected chi connectivity index (χ4v) is 4.12. The molecule has 30 heavy (non-hydrogen) atoms. The number of H-pyrrole nitrogens is 1. The lowest BCUT2D eigenvalue weighted by Gasteiger charge is -2.27. The minimum Gasteiger partial charge on any atom is -0.383 e. The highest BCUT2D eigenvalue weighted by atomic mass is 32.2. The number of nitrogens with two attached hydrogens (primary N) is 1. The largest absolute Gasteiger partial charge is 0.383 e. The molecule has 2 aromatic heterocycles. The van der Waals surface area contributed by atoms with Gasteiger partial charge in [0.15, 0.2) is 5.82 Å². The molecule has 5 N–H and O–H groups in total. The van der Waals surface area contributed by atoms with Crippen molar-refractivity contribution in [2.24, 2.45) is 5.92 Å². The third kappa shape index (κ3) is 3.86. The van der Waals surface area contributed by atoms with Gasteiger partial charge >= 0.3 is 0 Å².